The molecule has 0 saturated heterocycles. The number of nitrogens with one attached hydrogen (secondary N) is 1. The third-order valence-corrected chi connectivity index (χ3v) is 5.94. The highest BCUT2D eigenvalue weighted by molar-refractivity contribution is 7.99. The number of carbonyl (C=O) groups is 1. The van der Waals surface area contributed by atoms with Crippen LogP contribution in [0.5, 0.6) is 5.75 Å². The summed E-state index contributed by atoms with van der Waals surface area (Å²) < 4.78 is 7.29. The molecule has 31 heavy (non-hydrogen) atoms. The molecular formula is C24H30N4O2S. The van der Waals surface area contributed by atoms with E-state index in [1.807, 2.05) is 0 Å². The number of methoxy groups -OCH3 is 1. The van der Waals surface area contributed by atoms with Gasteiger partial charge in [0.25, 0.3) is 5.91 Å². The van der Waals surface area contributed by atoms with E-state index in [1.54, 1.807) is 43.1 Å². The molecule has 0 aliphatic carbocycles. The number of carbonyl (C=O) groups excluding carboxylic acids is 1. The lowest BCUT2D eigenvalue weighted by atomic mass is 10.0. The van der Waals surface area contributed by atoms with Crippen LogP contribution >= 0.6 is 11.8 Å². The number of aryl methyl sites for hydroxylation is 2. The molecule has 0 unspecified atom stereocenters. The van der Waals surface area contributed by atoms with E-state index in [0.717, 1.165) is 35.3 Å². The molecule has 0 saturated carbocycles. The van der Waals surface area contributed by atoms with Gasteiger partial charge >= 0.3 is 0 Å². The van der Waals surface area contributed by atoms with Crippen molar-refractivity contribution in [3.8, 4) is 11.4 Å². The molecule has 0 atom stereocenters. The number of rotatable bonds is 9. The van der Waals surface area contributed by atoms with Gasteiger partial charge in [-0.15, -0.1) is 10.2 Å². The van der Waals surface area contributed by atoms with Gasteiger partial charge in [0.2, 0.25) is 0 Å². The zero-order valence-electron chi connectivity index (χ0n) is 18.8. The predicted octanol–water partition coefficient (Wildman–Crippen LogP) is 4.83. The van der Waals surface area contributed by atoms with Crippen LogP contribution in [0, 0.1) is 0 Å². The van der Waals surface area contributed by atoms with Crippen LogP contribution in [0.4, 0.5) is 0 Å². The van der Waals surface area contributed by atoms with Crippen LogP contribution in [-0.4, -0.2) is 33.0 Å². The maximum atomic E-state index is 12.7. The van der Waals surface area contributed by atoms with E-state index >= 15 is 0 Å². The highest BCUT2D eigenvalue weighted by Gasteiger charge is 2.20. The summed E-state index contributed by atoms with van der Waals surface area (Å²) in [5.41, 5.74) is 4.20. The molecule has 0 aliphatic rings. The minimum Gasteiger partial charge on any atom is -0.497 e. The maximum absolute atomic E-state index is 12.7. The van der Waals surface area contributed by atoms with Gasteiger partial charge in [0.15, 0.2) is 11.0 Å². The van der Waals surface area contributed by atoms with Crippen LogP contribution in [0.1, 0.15) is 55.0 Å². The third kappa shape index (κ3) is 5.28. The van der Waals surface area contributed by atoms with Gasteiger partial charge in [-0.25, -0.2) is 0 Å². The molecule has 1 amide bonds. The molecule has 3 rings (SSSR count). The Kier molecular flexibility index (Phi) is 7.74. The number of benzene rings is 2. The van der Waals surface area contributed by atoms with Crippen molar-refractivity contribution in [3.05, 3.63) is 65.0 Å². The molecule has 1 N–H and O–H groups in total. The molecule has 2 aromatic carbocycles. The largest absolute Gasteiger partial charge is 0.497 e. The van der Waals surface area contributed by atoms with Crippen LogP contribution in [0.3, 0.4) is 0 Å². The van der Waals surface area contributed by atoms with Gasteiger partial charge in [-0.2, -0.15) is 0 Å². The van der Waals surface area contributed by atoms with Crippen LogP contribution in [-0.2, 0) is 19.4 Å². The molecular weight excluding hydrogens is 408 g/mol. The second kappa shape index (κ2) is 10.5. The van der Waals surface area contributed by atoms with Crippen molar-refractivity contribution >= 4 is 17.7 Å². The van der Waals surface area contributed by atoms with Crippen molar-refractivity contribution < 1.29 is 9.53 Å². The Hall–Kier alpha value is -2.80. The standard InChI is InChI=1S/C24H30N4O2S/c1-6-17-9-8-10-18(7-2)22(17)28-21(26-27-24(28)31-16(3)4)15-25-23(29)19-11-13-20(30-5)14-12-19/h8-14,16H,6-7,15H2,1-5H3,(H,25,29). The summed E-state index contributed by atoms with van der Waals surface area (Å²) in [6.45, 7) is 8.88. The molecule has 7 heteroatoms. The summed E-state index contributed by atoms with van der Waals surface area (Å²) in [5.74, 6) is 1.28. The minimum absolute atomic E-state index is 0.158. The molecule has 164 valence electrons. The number of para-hydroxylation sites is 1. The fourth-order valence-electron chi connectivity index (χ4n) is 3.43. The van der Waals surface area contributed by atoms with Gasteiger partial charge in [-0.05, 0) is 48.2 Å². The predicted molar refractivity (Wildman–Crippen MR) is 125 cm³/mol. The Balaban J connectivity index is 1.95. The first kappa shape index (κ1) is 22.9. The van der Waals surface area contributed by atoms with Gasteiger partial charge in [0, 0.05) is 10.8 Å². The van der Waals surface area contributed by atoms with Crippen molar-refractivity contribution in [1.29, 1.82) is 0 Å². The molecule has 0 fully saturated rings. The Morgan fingerprint density at radius 3 is 2.26 bits per heavy atom. The fraction of sp³-hybridized carbons (Fsp3) is 0.375. The van der Waals surface area contributed by atoms with Crippen molar-refractivity contribution in [1.82, 2.24) is 20.1 Å². The Morgan fingerprint density at radius 2 is 1.71 bits per heavy atom. The van der Waals surface area contributed by atoms with E-state index in [1.165, 1.54) is 11.1 Å². The minimum atomic E-state index is -0.158. The number of aromatic nitrogens is 3. The van der Waals surface area contributed by atoms with Gasteiger partial charge in [0.05, 0.1) is 19.3 Å². The van der Waals surface area contributed by atoms with Crippen LogP contribution in [0.15, 0.2) is 47.6 Å². The molecule has 0 spiro atoms. The first-order valence-electron chi connectivity index (χ1n) is 10.6. The summed E-state index contributed by atoms with van der Waals surface area (Å²) in [5, 5.41) is 13.1. The van der Waals surface area contributed by atoms with Gasteiger partial charge < -0.3 is 10.1 Å². The lowest BCUT2D eigenvalue weighted by molar-refractivity contribution is 0.0949. The van der Waals surface area contributed by atoms with Crippen molar-refractivity contribution in [2.45, 2.75) is 57.5 Å². The van der Waals surface area contributed by atoms with Crippen LogP contribution < -0.4 is 10.1 Å². The second-order valence-electron chi connectivity index (χ2n) is 7.44. The number of amides is 1. The van der Waals surface area contributed by atoms with E-state index in [9.17, 15) is 4.79 Å². The second-order valence-corrected chi connectivity index (χ2v) is 8.99. The number of thioether (sulfide) groups is 1. The molecule has 6 nitrogen and oxygen atoms in total. The maximum Gasteiger partial charge on any atom is 0.251 e. The number of hydrogen-bond acceptors (Lipinski definition) is 5. The van der Waals surface area contributed by atoms with Crippen LogP contribution in [0.25, 0.3) is 5.69 Å². The van der Waals surface area contributed by atoms with E-state index in [4.69, 9.17) is 4.74 Å². The lowest BCUT2D eigenvalue weighted by Crippen LogP contribution is -2.25. The van der Waals surface area contributed by atoms with E-state index in [0.29, 0.717) is 10.8 Å². The van der Waals surface area contributed by atoms with Crippen molar-refractivity contribution in [2.75, 3.05) is 7.11 Å². The molecule has 1 aromatic heterocycles. The number of nitrogens with zero attached hydrogens (tertiary/aromatic N) is 3. The number of hydrogen-bond donors (Lipinski definition) is 1. The van der Waals surface area contributed by atoms with E-state index in [-0.39, 0.29) is 12.5 Å². The average molecular weight is 439 g/mol. The van der Waals surface area contributed by atoms with Crippen LogP contribution in [0.2, 0.25) is 0 Å². The van der Waals surface area contributed by atoms with Gasteiger partial charge in [0.1, 0.15) is 5.75 Å². The highest BCUT2D eigenvalue weighted by Crippen LogP contribution is 2.30. The Morgan fingerprint density at radius 1 is 1.06 bits per heavy atom. The Bertz CT molecular complexity index is 1010. The molecule has 1 heterocycles. The van der Waals surface area contributed by atoms with Gasteiger partial charge in [-0.1, -0.05) is 57.7 Å². The molecule has 3 aromatic rings. The highest BCUT2D eigenvalue weighted by atomic mass is 32.2. The summed E-state index contributed by atoms with van der Waals surface area (Å²) in [7, 11) is 1.60. The summed E-state index contributed by atoms with van der Waals surface area (Å²) in [6, 6.07) is 13.5. The summed E-state index contributed by atoms with van der Waals surface area (Å²) in [6.07, 6.45) is 1.82. The summed E-state index contributed by atoms with van der Waals surface area (Å²) >= 11 is 1.68. The first-order chi connectivity index (χ1) is 15.0. The van der Waals surface area contributed by atoms with Crippen molar-refractivity contribution in [2.24, 2.45) is 0 Å². The SMILES string of the molecule is CCc1cccc(CC)c1-n1c(CNC(=O)c2ccc(OC)cc2)nnc1SC(C)C. The summed E-state index contributed by atoms with van der Waals surface area (Å²) in [4.78, 5) is 12.7. The lowest BCUT2D eigenvalue weighted by Gasteiger charge is -2.18. The normalized spacial score (nSPS) is 11.0. The van der Waals surface area contributed by atoms with E-state index in [2.05, 4.69) is 66.0 Å². The quantitative estimate of drug-likeness (QED) is 0.485. The van der Waals surface area contributed by atoms with E-state index < -0.39 is 0 Å². The van der Waals surface area contributed by atoms with Crippen molar-refractivity contribution in [3.63, 3.8) is 0 Å². The average Bonchev–Trinajstić information content (AvgIpc) is 3.17. The zero-order chi connectivity index (χ0) is 22.4. The first-order valence-corrected chi connectivity index (χ1v) is 11.5. The number of ether oxygens (including phenoxy) is 1. The monoisotopic (exact) mass is 438 g/mol. The topological polar surface area (TPSA) is 69.0 Å². The molecule has 0 bridgehead atoms. The van der Waals surface area contributed by atoms with Gasteiger partial charge in [-0.3, -0.25) is 9.36 Å². The third-order valence-electron chi connectivity index (χ3n) is 4.99. The fourth-order valence-corrected chi connectivity index (χ4v) is 4.24. The Labute approximate surface area is 188 Å². The molecule has 0 radical (unpaired) electrons. The molecule has 0 aliphatic heterocycles. The zero-order valence-corrected chi connectivity index (χ0v) is 19.6. The smallest absolute Gasteiger partial charge is 0.251 e.